The van der Waals surface area contributed by atoms with Gasteiger partial charge in [-0.3, -0.25) is 0 Å². The number of nitrogens with two attached hydrogens (primary N) is 1. The van der Waals surface area contributed by atoms with E-state index in [-0.39, 0.29) is 12.7 Å². The molecule has 1 atom stereocenters. The van der Waals surface area contributed by atoms with Crippen molar-refractivity contribution in [3.05, 3.63) is 35.4 Å². The Morgan fingerprint density at radius 2 is 1.94 bits per heavy atom. The van der Waals surface area contributed by atoms with Gasteiger partial charge in [-0.15, -0.1) is 0 Å². The average molecular weight is 247 g/mol. The lowest BCUT2D eigenvalue weighted by atomic mass is 10.0. The summed E-state index contributed by atoms with van der Waals surface area (Å²) in [5.41, 5.74) is 5.51. The second-order valence-electron chi connectivity index (χ2n) is 4.11. The quantitative estimate of drug-likeness (QED) is 0.887. The summed E-state index contributed by atoms with van der Waals surface area (Å²) in [4.78, 5) is 0. The topological polar surface area (TPSA) is 35.2 Å². The third-order valence-electron chi connectivity index (χ3n) is 2.25. The van der Waals surface area contributed by atoms with Gasteiger partial charge in [-0.2, -0.15) is 13.2 Å². The van der Waals surface area contributed by atoms with Crippen LogP contribution in [-0.2, 0) is 10.9 Å². The monoisotopic (exact) mass is 247 g/mol. The van der Waals surface area contributed by atoms with E-state index in [0.29, 0.717) is 5.56 Å². The summed E-state index contributed by atoms with van der Waals surface area (Å²) >= 11 is 0. The van der Waals surface area contributed by atoms with Crippen molar-refractivity contribution in [1.82, 2.24) is 0 Å². The Bertz CT molecular complexity index is 363. The van der Waals surface area contributed by atoms with Gasteiger partial charge < -0.3 is 10.5 Å². The van der Waals surface area contributed by atoms with Crippen LogP contribution in [-0.4, -0.2) is 12.7 Å². The summed E-state index contributed by atoms with van der Waals surface area (Å²) in [5, 5.41) is 0. The van der Waals surface area contributed by atoms with E-state index >= 15 is 0 Å². The van der Waals surface area contributed by atoms with Crippen LogP contribution >= 0.6 is 0 Å². The minimum Gasteiger partial charge on any atom is -0.377 e. The number of rotatable bonds is 4. The highest BCUT2D eigenvalue weighted by Crippen LogP contribution is 2.30. The molecule has 0 heterocycles. The first kappa shape index (κ1) is 14.0. The first-order chi connectivity index (χ1) is 7.80. The SMILES string of the molecule is CC(C)OCC(N)c1cccc(C(F)(F)F)c1. The molecule has 0 amide bonds. The van der Waals surface area contributed by atoms with Crippen LogP contribution in [0.2, 0.25) is 0 Å². The highest BCUT2D eigenvalue weighted by molar-refractivity contribution is 5.27. The summed E-state index contributed by atoms with van der Waals surface area (Å²) in [6, 6.07) is 4.48. The lowest BCUT2D eigenvalue weighted by Gasteiger charge is -2.16. The van der Waals surface area contributed by atoms with Crippen molar-refractivity contribution >= 4 is 0 Å². The predicted molar refractivity (Wildman–Crippen MR) is 59.5 cm³/mol. The van der Waals surface area contributed by atoms with Gasteiger partial charge in [0.2, 0.25) is 0 Å². The highest BCUT2D eigenvalue weighted by Gasteiger charge is 2.30. The van der Waals surface area contributed by atoms with E-state index in [0.717, 1.165) is 12.1 Å². The molecular formula is C12H16F3NO. The maximum atomic E-state index is 12.5. The molecule has 2 nitrogen and oxygen atoms in total. The Kier molecular flexibility index (Phi) is 4.54. The van der Waals surface area contributed by atoms with E-state index in [2.05, 4.69) is 0 Å². The van der Waals surface area contributed by atoms with Gasteiger partial charge in [0.25, 0.3) is 0 Å². The standard InChI is InChI=1S/C12H16F3NO/c1-8(2)17-7-11(16)9-4-3-5-10(6-9)12(13,14)15/h3-6,8,11H,7,16H2,1-2H3. The van der Waals surface area contributed by atoms with Gasteiger partial charge in [-0.1, -0.05) is 12.1 Å². The second-order valence-corrected chi connectivity index (χ2v) is 4.11. The van der Waals surface area contributed by atoms with Crippen molar-refractivity contribution in [2.75, 3.05) is 6.61 Å². The maximum absolute atomic E-state index is 12.5. The number of hydrogen-bond donors (Lipinski definition) is 1. The number of benzene rings is 1. The van der Waals surface area contributed by atoms with Crippen LogP contribution in [0.5, 0.6) is 0 Å². The number of alkyl halides is 3. The summed E-state index contributed by atoms with van der Waals surface area (Å²) in [6.45, 7) is 3.90. The smallest absolute Gasteiger partial charge is 0.377 e. The van der Waals surface area contributed by atoms with Gasteiger partial charge in [0.05, 0.1) is 24.3 Å². The molecule has 0 aliphatic heterocycles. The zero-order valence-electron chi connectivity index (χ0n) is 9.79. The van der Waals surface area contributed by atoms with E-state index < -0.39 is 17.8 Å². The molecule has 2 N–H and O–H groups in total. The zero-order valence-corrected chi connectivity index (χ0v) is 9.79. The summed E-state index contributed by atoms with van der Waals surface area (Å²) in [6.07, 6.45) is -4.33. The van der Waals surface area contributed by atoms with Crippen molar-refractivity contribution in [1.29, 1.82) is 0 Å². The van der Waals surface area contributed by atoms with E-state index in [1.54, 1.807) is 6.07 Å². The zero-order chi connectivity index (χ0) is 13.1. The highest BCUT2D eigenvalue weighted by atomic mass is 19.4. The Morgan fingerprint density at radius 3 is 2.47 bits per heavy atom. The Morgan fingerprint density at radius 1 is 1.29 bits per heavy atom. The van der Waals surface area contributed by atoms with Crippen LogP contribution < -0.4 is 5.73 Å². The summed E-state index contributed by atoms with van der Waals surface area (Å²) in [7, 11) is 0. The van der Waals surface area contributed by atoms with Crippen LogP contribution in [0.4, 0.5) is 13.2 Å². The van der Waals surface area contributed by atoms with Crippen LogP contribution in [0.15, 0.2) is 24.3 Å². The fourth-order valence-electron chi connectivity index (χ4n) is 1.34. The van der Waals surface area contributed by atoms with Crippen molar-refractivity contribution in [3.8, 4) is 0 Å². The molecule has 0 saturated carbocycles. The molecule has 0 radical (unpaired) electrons. The number of hydrogen-bond acceptors (Lipinski definition) is 2. The lowest BCUT2D eigenvalue weighted by Crippen LogP contribution is -2.20. The fraction of sp³-hybridized carbons (Fsp3) is 0.500. The molecule has 1 rings (SSSR count). The van der Waals surface area contributed by atoms with Crippen LogP contribution in [0.1, 0.15) is 31.0 Å². The van der Waals surface area contributed by atoms with Crippen molar-refractivity contribution in [2.45, 2.75) is 32.2 Å². The first-order valence-electron chi connectivity index (χ1n) is 5.35. The van der Waals surface area contributed by atoms with Crippen LogP contribution in [0.25, 0.3) is 0 Å². The molecule has 0 aliphatic carbocycles. The number of halogens is 3. The fourth-order valence-corrected chi connectivity index (χ4v) is 1.34. The van der Waals surface area contributed by atoms with E-state index in [4.69, 9.17) is 10.5 Å². The van der Waals surface area contributed by atoms with E-state index in [9.17, 15) is 13.2 Å². The Labute approximate surface area is 98.6 Å². The third-order valence-corrected chi connectivity index (χ3v) is 2.25. The normalized spacial score (nSPS) is 14.1. The van der Waals surface area contributed by atoms with Crippen molar-refractivity contribution in [3.63, 3.8) is 0 Å². The summed E-state index contributed by atoms with van der Waals surface area (Å²) < 4.78 is 42.7. The van der Waals surface area contributed by atoms with Crippen LogP contribution in [0.3, 0.4) is 0 Å². The molecule has 0 saturated heterocycles. The summed E-state index contributed by atoms with van der Waals surface area (Å²) in [5.74, 6) is 0. The van der Waals surface area contributed by atoms with Gasteiger partial charge in [0.1, 0.15) is 0 Å². The molecule has 1 aromatic rings. The van der Waals surface area contributed by atoms with Crippen LogP contribution in [0, 0.1) is 0 Å². The van der Waals surface area contributed by atoms with Gasteiger partial charge in [0, 0.05) is 0 Å². The third kappa shape index (κ3) is 4.36. The second kappa shape index (κ2) is 5.51. The minimum absolute atomic E-state index is 0.00634. The lowest BCUT2D eigenvalue weighted by molar-refractivity contribution is -0.137. The molecule has 0 fully saturated rings. The van der Waals surface area contributed by atoms with Gasteiger partial charge >= 0.3 is 6.18 Å². The molecule has 0 aromatic heterocycles. The molecule has 0 aliphatic rings. The molecule has 96 valence electrons. The van der Waals surface area contributed by atoms with Gasteiger partial charge in [0.15, 0.2) is 0 Å². The van der Waals surface area contributed by atoms with Crippen molar-refractivity contribution in [2.24, 2.45) is 5.73 Å². The van der Waals surface area contributed by atoms with Crippen molar-refractivity contribution < 1.29 is 17.9 Å². The van der Waals surface area contributed by atoms with Gasteiger partial charge in [-0.05, 0) is 31.5 Å². The molecule has 1 aromatic carbocycles. The predicted octanol–water partition coefficient (Wildman–Crippen LogP) is 3.13. The molecule has 1 unspecified atom stereocenters. The molecule has 0 spiro atoms. The largest absolute Gasteiger partial charge is 0.416 e. The Hall–Kier alpha value is -1.07. The molecular weight excluding hydrogens is 231 g/mol. The molecule has 0 bridgehead atoms. The molecule has 17 heavy (non-hydrogen) atoms. The average Bonchev–Trinajstić information content (AvgIpc) is 2.25. The van der Waals surface area contributed by atoms with Gasteiger partial charge in [-0.25, -0.2) is 0 Å². The Balaban J connectivity index is 2.77. The van der Waals surface area contributed by atoms with E-state index in [1.807, 2.05) is 13.8 Å². The minimum atomic E-state index is -4.34. The molecule has 5 heteroatoms. The van der Waals surface area contributed by atoms with E-state index in [1.165, 1.54) is 6.07 Å². The first-order valence-corrected chi connectivity index (χ1v) is 5.35. The number of ether oxygens (including phenoxy) is 1. The maximum Gasteiger partial charge on any atom is 0.416 e.